The Morgan fingerprint density at radius 2 is 2.08 bits per heavy atom. The normalized spacial score (nSPS) is 9.17. The van der Waals surface area contributed by atoms with Crippen LogP contribution >= 0.6 is 0 Å². The van der Waals surface area contributed by atoms with Crippen LogP contribution in [0.2, 0.25) is 0 Å². The summed E-state index contributed by atoms with van der Waals surface area (Å²) in [5.74, 6) is 0.670. The number of methoxy groups -OCH3 is 1. The van der Waals surface area contributed by atoms with E-state index in [1.807, 2.05) is 12.1 Å². The minimum atomic E-state index is 0.670. The Bertz CT molecular complexity index is 273. The fourth-order valence-corrected chi connectivity index (χ4v) is 0.956. The summed E-state index contributed by atoms with van der Waals surface area (Å²) in [7, 11) is 3.20. The second-order valence-corrected chi connectivity index (χ2v) is 2.32. The molecule has 1 aromatic carbocycles. The summed E-state index contributed by atoms with van der Waals surface area (Å²) in [6.07, 6.45) is 1.76. The SMILES string of the molecule is COc1ccccc1N(C)[C]=O. The topological polar surface area (TPSA) is 29.5 Å². The van der Waals surface area contributed by atoms with Crippen LogP contribution in [0.15, 0.2) is 24.3 Å². The molecule has 1 aromatic rings. The molecular weight excluding hydrogens is 154 g/mol. The van der Waals surface area contributed by atoms with Crippen LogP contribution in [0, 0.1) is 0 Å². The van der Waals surface area contributed by atoms with E-state index in [2.05, 4.69) is 0 Å². The van der Waals surface area contributed by atoms with Gasteiger partial charge in [0.25, 0.3) is 0 Å². The molecule has 0 aliphatic heterocycles. The van der Waals surface area contributed by atoms with Gasteiger partial charge in [0.1, 0.15) is 5.75 Å². The Hall–Kier alpha value is -1.51. The highest BCUT2D eigenvalue weighted by Gasteiger charge is 2.05. The van der Waals surface area contributed by atoms with E-state index in [1.165, 1.54) is 4.90 Å². The van der Waals surface area contributed by atoms with Crippen molar-refractivity contribution >= 4 is 12.1 Å². The molecule has 0 spiro atoms. The van der Waals surface area contributed by atoms with E-state index in [0.717, 1.165) is 5.69 Å². The molecule has 0 saturated carbocycles. The number of amides is 1. The van der Waals surface area contributed by atoms with Gasteiger partial charge in [-0.1, -0.05) is 12.1 Å². The van der Waals surface area contributed by atoms with Gasteiger partial charge in [0.2, 0.25) is 0 Å². The number of para-hydroxylation sites is 2. The molecule has 12 heavy (non-hydrogen) atoms. The Labute approximate surface area is 71.6 Å². The standard InChI is InChI=1S/C9H10NO2/c1-10(7-11)8-5-3-4-6-9(8)12-2/h3-6H,1-2H3. The van der Waals surface area contributed by atoms with Gasteiger partial charge in [-0.25, -0.2) is 0 Å². The molecule has 0 aromatic heterocycles. The zero-order chi connectivity index (χ0) is 8.97. The smallest absolute Gasteiger partial charge is 0.316 e. The highest BCUT2D eigenvalue weighted by molar-refractivity contribution is 5.78. The van der Waals surface area contributed by atoms with Crippen LogP contribution in [-0.2, 0) is 4.79 Å². The highest BCUT2D eigenvalue weighted by atomic mass is 16.5. The maximum Gasteiger partial charge on any atom is 0.316 e. The second-order valence-electron chi connectivity index (χ2n) is 2.32. The summed E-state index contributed by atoms with van der Waals surface area (Å²) < 4.78 is 5.05. The number of nitrogens with zero attached hydrogens (tertiary/aromatic N) is 1. The summed E-state index contributed by atoms with van der Waals surface area (Å²) in [6.45, 7) is 0. The highest BCUT2D eigenvalue weighted by Crippen LogP contribution is 2.25. The van der Waals surface area contributed by atoms with Crippen molar-refractivity contribution in [1.29, 1.82) is 0 Å². The lowest BCUT2D eigenvalue weighted by Gasteiger charge is -2.13. The minimum absolute atomic E-state index is 0.670. The second kappa shape index (κ2) is 3.76. The molecule has 0 atom stereocenters. The van der Waals surface area contributed by atoms with Crippen molar-refractivity contribution in [2.45, 2.75) is 0 Å². The van der Waals surface area contributed by atoms with Crippen molar-refractivity contribution < 1.29 is 9.53 Å². The number of anilines is 1. The molecule has 0 heterocycles. The predicted molar refractivity (Wildman–Crippen MR) is 47.1 cm³/mol. The van der Waals surface area contributed by atoms with E-state index in [4.69, 9.17) is 4.74 Å². The van der Waals surface area contributed by atoms with Crippen molar-refractivity contribution in [3.63, 3.8) is 0 Å². The first-order valence-corrected chi connectivity index (χ1v) is 3.54. The van der Waals surface area contributed by atoms with Gasteiger partial charge >= 0.3 is 6.41 Å². The van der Waals surface area contributed by atoms with E-state index in [1.54, 1.807) is 32.7 Å². The maximum atomic E-state index is 10.3. The summed E-state index contributed by atoms with van der Waals surface area (Å²) in [4.78, 5) is 11.7. The van der Waals surface area contributed by atoms with Crippen LogP contribution < -0.4 is 9.64 Å². The first kappa shape index (κ1) is 8.59. The van der Waals surface area contributed by atoms with Gasteiger partial charge in [0.05, 0.1) is 12.8 Å². The van der Waals surface area contributed by atoms with E-state index >= 15 is 0 Å². The Balaban J connectivity index is 3.04. The summed E-state index contributed by atoms with van der Waals surface area (Å²) >= 11 is 0. The number of carbonyl (C=O) groups excluding carboxylic acids is 1. The zero-order valence-corrected chi connectivity index (χ0v) is 7.07. The molecule has 1 radical (unpaired) electrons. The van der Waals surface area contributed by atoms with Crippen molar-refractivity contribution in [3.8, 4) is 5.75 Å². The van der Waals surface area contributed by atoms with Crippen LogP contribution in [0.3, 0.4) is 0 Å². The van der Waals surface area contributed by atoms with Crippen molar-refractivity contribution in [2.24, 2.45) is 0 Å². The Morgan fingerprint density at radius 3 is 2.67 bits per heavy atom. The van der Waals surface area contributed by atoms with Crippen LogP contribution in [0.25, 0.3) is 0 Å². The summed E-state index contributed by atoms with van der Waals surface area (Å²) in [5.41, 5.74) is 0.718. The quantitative estimate of drug-likeness (QED) is 0.628. The summed E-state index contributed by atoms with van der Waals surface area (Å²) in [5, 5.41) is 0. The Morgan fingerprint density at radius 1 is 1.42 bits per heavy atom. The largest absolute Gasteiger partial charge is 0.495 e. The van der Waals surface area contributed by atoms with Crippen molar-refractivity contribution in [3.05, 3.63) is 24.3 Å². The predicted octanol–water partition coefficient (Wildman–Crippen LogP) is 1.20. The molecule has 3 heteroatoms. The van der Waals surface area contributed by atoms with Gasteiger partial charge in [-0.3, -0.25) is 4.79 Å². The average Bonchev–Trinajstić information content (AvgIpc) is 2.16. The monoisotopic (exact) mass is 164 g/mol. The van der Waals surface area contributed by atoms with Crippen LogP contribution in [-0.4, -0.2) is 20.6 Å². The lowest BCUT2D eigenvalue weighted by atomic mass is 10.3. The molecule has 3 nitrogen and oxygen atoms in total. The third-order valence-electron chi connectivity index (χ3n) is 1.58. The molecular formula is C9H10NO2. The summed E-state index contributed by atoms with van der Waals surface area (Å²) in [6, 6.07) is 7.28. The molecule has 1 amide bonds. The van der Waals surface area contributed by atoms with Gasteiger partial charge in [-0.15, -0.1) is 0 Å². The van der Waals surface area contributed by atoms with E-state index in [0.29, 0.717) is 5.75 Å². The van der Waals surface area contributed by atoms with Crippen molar-refractivity contribution in [2.75, 3.05) is 19.1 Å². The van der Waals surface area contributed by atoms with Gasteiger partial charge in [-0.05, 0) is 12.1 Å². The lowest BCUT2D eigenvalue weighted by Crippen LogP contribution is -2.14. The van der Waals surface area contributed by atoms with E-state index in [9.17, 15) is 4.79 Å². The van der Waals surface area contributed by atoms with Gasteiger partial charge in [0.15, 0.2) is 0 Å². The first-order chi connectivity index (χ1) is 5.79. The molecule has 1 rings (SSSR count). The molecule has 63 valence electrons. The van der Waals surface area contributed by atoms with Crippen LogP contribution in [0.1, 0.15) is 0 Å². The molecule has 0 aliphatic carbocycles. The van der Waals surface area contributed by atoms with Gasteiger partial charge in [-0.2, -0.15) is 0 Å². The van der Waals surface area contributed by atoms with E-state index in [-0.39, 0.29) is 0 Å². The number of benzene rings is 1. The number of ether oxygens (including phenoxy) is 1. The van der Waals surface area contributed by atoms with E-state index < -0.39 is 0 Å². The lowest BCUT2D eigenvalue weighted by molar-refractivity contribution is 0.415. The molecule has 0 bridgehead atoms. The van der Waals surface area contributed by atoms with Crippen LogP contribution in [0.5, 0.6) is 5.75 Å². The fraction of sp³-hybridized carbons (Fsp3) is 0.222. The van der Waals surface area contributed by atoms with Crippen LogP contribution in [0.4, 0.5) is 5.69 Å². The molecule has 0 aliphatic rings. The molecule has 0 saturated heterocycles. The maximum absolute atomic E-state index is 10.3. The molecule has 0 fully saturated rings. The minimum Gasteiger partial charge on any atom is -0.495 e. The average molecular weight is 164 g/mol. The Kier molecular flexibility index (Phi) is 2.69. The molecule has 0 N–H and O–H groups in total. The first-order valence-electron chi connectivity index (χ1n) is 3.54. The molecule has 0 unspecified atom stereocenters. The number of hydrogen-bond acceptors (Lipinski definition) is 2. The number of hydrogen-bond donors (Lipinski definition) is 0. The van der Waals surface area contributed by atoms with Gasteiger partial charge in [0, 0.05) is 7.05 Å². The van der Waals surface area contributed by atoms with Gasteiger partial charge < -0.3 is 9.64 Å². The fourth-order valence-electron chi connectivity index (χ4n) is 0.956. The third-order valence-corrected chi connectivity index (χ3v) is 1.58. The number of rotatable bonds is 3. The zero-order valence-electron chi connectivity index (χ0n) is 7.07. The third kappa shape index (κ3) is 1.56. The van der Waals surface area contributed by atoms with Crippen molar-refractivity contribution in [1.82, 2.24) is 0 Å².